The molecular weight excluding hydrogens is 390 g/mol. The van der Waals surface area contributed by atoms with Crippen molar-refractivity contribution in [1.29, 1.82) is 0 Å². The number of nitrogens with one attached hydrogen (secondary N) is 2. The highest BCUT2D eigenvalue weighted by molar-refractivity contribution is 6.32. The maximum atomic E-state index is 12.3. The lowest BCUT2D eigenvalue weighted by Gasteiger charge is -2.22. The highest BCUT2D eigenvalue weighted by Gasteiger charge is 2.17. The Kier molecular flexibility index (Phi) is 7.23. The maximum Gasteiger partial charge on any atom is 0.315 e. The van der Waals surface area contributed by atoms with Gasteiger partial charge in [0, 0.05) is 25.7 Å². The van der Waals surface area contributed by atoms with Crippen molar-refractivity contribution in [2.24, 2.45) is 0 Å². The zero-order valence-electron chi connectivity index (χ0n) is 17.1. The molecule has 0 aliphatic carbocycles. The van der Waals surface area contributed by atoms with E-state index in [2.05, 4.69) is 42.5 Å². The number of benzene rings is 2. The summed E-state index contributed by atoms with van der Waals surface area (Å²) in [4.78, 5) is 14.6. The molecule has 0 radical (unpaired) electrons. The number of hydrogen-bond acceptors (Lipinski definition) is 4. The monoisotopic (exact) mass is 417 g/mol. The van der Waals surface area contributed by atoms with E-state index in [1.807, 2.05) is 24.3 Å². The molecule has 6 nitrogen and oxygen atoms in total. The van der Waals surface area contributed by atoms with Crippen molar-refractivity contribution in [1.82, 2.24) is 15.5 Å². The lowest BCUT2D eigenvalue weighted by molar-refractivity contribution is 0.171. The van der Waals surface area contributed by atoms with Gasteiger partial charge in [-0.25, -0.2) is 4.79 Å². The van der Waals surface area contributed by atoms with Crippen LogP contribution in [0, 0.1) is 0 Å². The summed E-state index contributed by atoms with van der Waals surface area (Å²) < 4.78 is 11.1. The fourth-order valence-corrected chi connectivity index (χ4v) is 3.31. The Morgan fingerprint density at radius 1 is 1.10 bits per heavy atom. The van der Waals surface area contributed by atoms with Gasteiger partial charge in [0.15, 0.2) is 11.5 Å². The molecular formula is C22H28ClN3O3. The van der Waals surface area contributed by atoms with E-state index in [1.165, 1.54) is 5.56 Å². The minimum absolute atomic E-state index is 0.233. The molecule has 0 atom stereocenters. The third-order valence-electron chi connectivity index (χ3n) is 4.97. The largest absolute Gasteiger partial charge is 0.486 e. The van der Waals surface area contributed by atoms with Crippen LogP contribution in [0.1, 0.15) is 30.5 Å². The first-order chi connectivity index (χ1) is 13.9. The molecule has 7 heteroatoms. The summed E-state index contributed by atoms with van der Waals surface area (Å²) in [5.74, 6) is 1.18. The standard InChI is InChI=1S/C22H28ClN3O3/c1-15(2)26(3)14-18-7-5-4-6-17(18)13-25-22(27)24-12-16-10-19(23)21-20(11-16)28-8-9-29-21/h4-7,10-11,15H,8-9,12-14H2,1-3H3,(H2,24,25,27). The molecule has 156 valence electrons. The van der Waals surface area contributed by atoms with Crippen LogP contribution >= 0.6 is 11.6 Å². The molecule has 0 bridgehead atoms. The van der Waals surface area contributed by atoms with Gasteiger partial charge in [0.1, 0.15) is 13.2 Å². The van der Waals surface area contributed by atoms with Gasteiger partial charge in [-0.2, -0.15) is 0 Å². The average Bonchev–Trinajstić information content (AvgIpc) is 2.71. The zero-order chi connectivity index (χ0) is 20.8. The van der Waals surface area contributed by atoms with E-state index in [0.29, 0.717) is 48.9 Å². The molecule has 2 aromatic rings. The number of carbonyl (C=O) groups is 1. The summed E-state index contributed by atoms with van der Waals surface area (Å²) in [6.07, 6.45) is 0. The summed E-state index contributed by atoms with van der Waals surface area (Å²) in [7, 11) is 2.10. The minimum Gasteiger partial charge on any atom is -0.486 e. The molecule has 0 aromatic heterocycles. The van der Waals surface area contributed by atoms with Crippen LogP contribution < -0.4 is 20.1 Å². The van der Waals surface area contributed by atoms with Crippen LogP contribution in [-0.2, 0) is 19.6 Å². The van der Waals surface area contributed by atoms with E-state index in [-0.39, 0.29) is 6.03 Å². The van der Waals surface area contributed by atoms with Gasteiger partial charge in [-0.3, -0.25) is 4.90 Å². The first-order valence-electron chi connectivity index (χ1n) is 9.80. The van der Waals surface area contributed by atoms with E-state index in [1.54, 1.807) is 6.07 Å². The quantitative estimate of drug-likeness (QED) is 0.716. The van der Waals surface area contributed by atoms with Crippen LogP contribution in [0.3, 0.4) is 0 Å². The van der Waals surface area contributed by atoms with Crippen molar-refractivity contribution in [3.63, 3.8) is 0 Å². The summed E-state index contributed by atoms with van der Waals surface area (Å²) in [5.41, 5.74) is 3.17. The number of fused-ring (bicyclic) bond motifs is 1. The fourth-order valence-electron chi connectivity index (χ4n) is 3.02. The molecule has 1 aliphatic rings. The molecule has 0 fully saturated rings. The van der Waals surface area contributed by atoms with Gasteiger partial charge in [-0.15, -0.1) is 0 Å². The number of halogens is 1. The SMILES string of the molecule is CC(C)N(C)Cc1ccccc1CNC(=O)NCc1cc(Cl)c2c(c1)OCCO2. The van der Waals surface area contributed by atoms with E-state index < -0.39 is 0 Å². The third-order valence-corrected chi connectivity index (χ3v) is 5.25. The molecule has 1 heterocycles. The number of ether oxygens (including phenoxy) is 2. The molecule has 2 N–H and O–H groups in total. The number of urea groups is 1. The van der Waals surface area contributed by atoms with Gasteiger partial charge >= 0.3 is 6.03 Å². The number of hydrogen-bond donors (Lipinski definition) is 2. The Hall–Kier alpha value is -2.44. The van der Waals surface area contributed by atoms with Gasteiger partial charge in [-0.05, 0) is 49.7 Å². The van der Waals surface area contributed by atoms with E-state index in [4.69, 9.17) is 21.1 Å². The van der Waals surface area contributed by atoms with Gasteiger partial charge in [0.2, 0.25) is 0 Å². The minimum atomic E-state index is -0.233. The van der Waals surface area contributed by atoms with Crippen molar-refractivity contribution >= 4 is 17.6 Å². The Balaban J connectivity index is 1.54. The predicted octanol–water partition coefficient (Wildman–Crippen LogP) is 3.95. The Labute approximate surface area is 177 Å². The second-order valence-electron chi connectivity index (χ2n) is 7.42. The summed E-state index contributed by atoms with van der Waals surface area (Å²) in [5, 5.41) is 6.29. The van der Waals surface area contributed by atoms with Gasteiger partial charge < -0.3 is 20.1 Å². The highest BCUT2D eigenvalue weighted by atomic mass is 35.5. The molecule has 2 amide bonds. The molecule has 0 spiro atoms. The Morgan fingerprint density at radius 3 is 2.55 bits per heavy atom. The Bertz CT molecular complexity index is 857. The lowest BCUT2D eigenvalue weighted by atomic mass is 10.1. The third kappa shape index (κ3) is 5.78. The van der Waals surface area contributed by atoms with Gasteiger partial charge in [-0.1, -0.05) is 35.9 Å². The van der Waals surface area contributed by atoms with Crippen LogP contribution in [0.4, 0.5) is 4.79 Å². The zero-order valence-corrected chi connectivity index (χ0v) is 17.9. The van der Waals surface area contributed by atoms with E-state index in [0.717, 1.165) is 17.7 Å². The fraction of sp³-hybridized carbons (Fsp3) is 0.409. The second kappa shape index (κ2) is 9.85. The summed E-state index contributed by atoms with van der Waals surface area (Å²) in [6.45, 7) is 6.97. The number of nitrogens with zero attached hydrogens (tertiary/aromatic N) is 1. The normalized spacial score (nSPS) is 12.9. The molecule has 0 unspecified atom stereocenters. The number of rotatable bonds is 7. The molecule has 1 aliphatic heterocycles. The molecule has 0 saturated carbocycles. The Morgan fingerprint density at radius 2 is 1.79 bits per heavy atom. The molecule has 29 heavy (non-hydrogen) atoms. The van der Waals surface area contributed by atoms with Crippen LogP contribution in [0.15, 0.2) is 36.4 Å². The predicted molar refractivity (Wildman–Crippen MR) is 115 cm³/mol. The first kappa shape index (κ1) is 21.3. The van der Waals surface area contributed by atoms with Crippen LogP contribution in [-0.4, -0.2) is 37.2 Å². The van der Waals surface area contributed by atoms with Crippen LogP contribution in [0.5, 0.6) is 11.5 Å². The highest BCUT2D eigenvalue weighted by Crippen LogP contribution is 2.38. The maximum absolute atomic E-state index is 12.3. The molecule has 3 rings (SSSR count). The van der Waals surface area contributed by atoms with Crippen LogP contribution in [0.25, 0.3) is 0 Å². The molecule has 2 aromatic carbocycles. The second-order valence-corrected chi connectivity index (χ2v) is 7.82. The van der Waals surface area contributed by atoms with Gasteiger partial charge in [0.25, 0.3) is 0 Å². The van der Waals surface area contributed by atoms with Crippen LogP contribution in [0.2, 0.25) is 5.02 Å². The lowest BCUT2D eigenvalue weighted by Crippen LogP contribution is -2.35. The van der Waals surface area contributed by atoms with Crippen molar-refractivity contribution in [2.45, 2.75) is 39.5 Å². The van der Waals surface area contributed by atoms with E-state index in [9.17, 15) is 4.79 Å². The summed E-state index contributed by atoms with van der Waals surface area (Å²) in [6, 6.07) is 12.0. The smallest absolute Gasteiger partial charge is 0.315 e. The molecule has 0 saturated heterocycles. The topological polar surface area (TPSA) is 62.8 Å². The van der Waals surface area contributed by atoms with Crippen molar-refractivity contribution in [3.8, 4) is 11.5 Å². The number of carbonyl (C=O) groups excluding carboxylic acids is 1. The average molecular weight is 418 g/mol. The van der Waals surface area contributed by atoms with Crippen molar-refractivity contribution in [3.05, 3.63) is 58.1 Å². The number of amides is 2. The van der Waals surface area contributed by atoms with Gasteiger partial charge in [0.05, 0.1) is 5.02 Å². The van der Waals surface area contributed by atoms with Crippen molar-refractivity contribution in [2.75, 3.05) is 20.3 Å². The van der Waals surface area contributed by atoms with E-state index >= 15 is 0 Å². The first-order valence-corrected chi connectivity index (χ1v) is 10.2. The van der Waals surface area contributed by atoms with Crippen molar-refractivity contribution < 1.29 is 14.3 Å². The summed E-state index contributed by atoms with van der Waals surface area (Å²) >= 11 is 6.25.